The fourth-order valence-corrected chi connectivity index (χ4v) is 13.3. The van der Waals surface area contributed by atoms with Gasteiger partial charge in [0.1, 0.15) is 5.76 Å². The predicted molar refractivity (Wildman–Crippen MR) is 299 cm³/mol. The van der Waals surface area contributed by atoms with E-state index >= 15 is 0 Å². The third-order valence-electron chi connectivity index (χ3n) is 16.7. The molecule has 5 aliphatic rings. The van der Waals surface area contributed by atoms with E-state index in [1.807, 2.05) is 0 Å². The molecule has 0 aromatic heterocycles. The summed E-state index contributed by atoms with van der Waals surface area (Å²) in [4.78, 5) is 2.49. The third-order valence-corrected chi connectivity index (χ3v) is 16.7. The average Bonchev–Trinajstić information content (AvgIpc) is 3.87. The number of benzene rings is 8. The summed E-state index contributed by atoms with van der Waals surface area (Å²) in [6, 6.07) is 72.9. The van der Waals surface area contributed by atoms with Crippen molar-refractivity contribution in [1.82, 2.24) is 0 Å². The Kier molecular flexibility index (Phi) is 10.1. The first-order valence-electron chi connectivity index (χ1n) is 26.1. The van der Waals surface area contributed by atoms with Gasteiger partial charge in [0.2, 0.25) is 0 Å². The molecule has 0 radical (unpaired) electrons. The standard InChI is InChI=1S/C70H61NO/c1-67(2,3)50-35-40-55-56-41-36-51(68(4,5)6)44-62(56)70(61(55)43-50)59-29-18-19-32-65(59)72-66-60(70)30-20-31-64(66)71(52-37-33-47(34-38-52)46-21-10-7-11-22-46)53-39-42-57-54-27-16-17-28-58(54)69(63(57)45-53,48-23-12-8-13-24-48)49-25-14-9-15-26-49/h7-17,19-28,30-45,55,61H,18,29H2,1-6H3. The number of hydrogen-bond acceptors (Lipinski definition) is 2. The molecule has 8 aromatic carbocycles. The molecule has 0 saturated heterocycles. The van der Waals surface area contributed by atoms with Crippen LogP contribution >= 0.6 is 0 Å². The van der Waals surface area contributed by atoms with Gasteiger partial charge < -0.3 is 9.64 Å². The summed E-state index contributed by atoms with van der Waals surface area (Å²) in [5.74, 6) is 2.29. The van der Waals surface area contributed by atoms with Crippen molar-refractivity contribution in [2.75, 3.05) is 4.90 Å². The third kappa shape index (κ3) is 6.54. The maximum Gasteiger partial charge on any atom is 0.155 e. The van der Waals surface area contributed by atoms with Crippen molar-refractivity contribution in [3.8, 4) is 28.0 Å². The fraction of sp³-hybridized carbons (Fsp3) is 0.200. The van der Waals surface area contributed by atoms with Gasteiger partial charge in [0, 0.05) is 28.8 Å². The number of nitrogens with zero attached hydrogens (tertiary/aromatic N) is 1. The molecule has 72 heavy (non-hydrogen) atoms. The molecule has 1 spiro atoms. The molecule has 3 atom stereocenters. The highest BCUT2D eigenvalue weighted by molar-refractivity contribution is 5.91. The molecule has 2 nitrogen and oxygen atoms in total. The van der Waals surface area contributed by atoms with Crippen molar-refractivity contribution >= 4 is 17.1 Å². The first-order valence-corrected chi connectivity index (χ1v) is 26.1. The van der Waals surface area contributed by atoms with Crippen molar-refractivity contribution < 1.29 is 4.74 Å². The Bertz CT molecular complexity index is 3520. The average molecular weight is 932 g/mol. The molecule has 2 heteroatoms. The lowest BCUT2D eigenvalue weighted by molar-refractivity contribution is 0.334. The summed E-state index contributed by atoms with van der Waals surface area (Å²) in [7, 11) is 0. The van der Waals surface area contributed by atoms with Crippen LogP contribution in [0.25, 0.3) is 22.3 Å². The van der Waals surface area contributed by atoms with Crippen molar-refractivity contribution in [3.63, 3.8) is 0 Å². The monoisotopic (exact) mass is 931 g/mol. The number of para-hydroxylation sites is 1. The zero-order valence-corrected chi connectivity index (χ0v) is 42.3. The normalized spacial score (nSPS) is 19.9. The molecule has 0 fully saturated rings. The maximum absolute atomic E-state index is 7.59. The lowest BCUT2D eigenvalue weighted by atomic mass is 9.58. The maximum atomic E-state index is 7.59. The molecule has 13 rings (SSSR count). The zero-order chi connectivity index (χ0) is 49.0. The summed E-state index contributed by atoms with van der Waals surface area (Å²) in [5, 5.41) is 0. The highest BCUT2D eigenvalue weighted by atomic mass is 16.5. The van der Waals surface area contributed by atoms with Gasteiger partial charge in [0.25, 0.3) is 0 Å². The van der Waals surface area contributed by atoms with E-state index in [2.05, 4.69) is 271 Å². The van der Waals surface area contributed by atoms with Gasteiger partial charge >= 0.3 is 0 Å². The van der Waals surface area contributed by atoms with E-state index in [9.17, 15) is 0 Å². The Hall–Kier alpha value is -7.68. The van der Waals surface area contributed by atoms with Crippen LogP contribution in [0.1, 0.15) is 105 Å². The minimum absolute atomic E-state index is 0.0157. The summed E-state index contributed by atoms with van der Waals surface area (Å²) >= 11 is 0. The molecule has 3 unspecified atom stereocenters. The number of rotatable bonds is 6. The van der Waals surface area contributed by atoms with Crippen LogP contribution < -0.4 is 9.64 Å². The van der Waals surface area contributed by atoms with Gasteiger partial charge in [-0.15, -0.1) is 0 Å². The molecule has 0 bridgehead atoms. The minimum atomic E-state index is -0.560. The number of ether oxygens (including phenoxy) is 1. The van der Waals surface area contributed by atoms with Crippen LogP contribution in [0.15, 0.2) is 241 Å². The quantitative estimate of drug-likeness (QED) is 0.165. The summed E-state index contributed by atoms with van der Waals surface area (Å²) in [6.45, 7) is 14.1. The lowest BCUT2D eigenvalue weighted by Gasteiger charge is -2.47. The van der Waals surface area contributed by atoms with Crippen LogP contribution in [0.2, 0.25) is 0 Å². The number of fused-ring (bicyclic) bond motifs is 11. The second-order valence-electron chi connectivity index (χ2n) is 22.7. The van der Waals surface area contributed by atoms with Gasteiger partial charge in [-0.2, -0.15) is 0 Å². The van der Waals surface area contributed by atoms with Crippen molar-refractivity contribution in [2.45, 2.75) is 76.5 Å². The van der Waals surface area contributed by atoms with Gasteiger partial charge in [0.15, 0.2) is 5.75 Å². The van der Waals surface area contributed by atoms with E-state index in [0.717, 1.165) is 41.4 Å². The van der Waals surface area contributed by atoms with Crippen LogP contribution in [0.5, 0.6) is 5.75 Å². The molecule has 0 saturated carbocycles. The largest absolute Gasteiger partial charge is 0.455 e. The van der Waals surface area contributed by atoms with Gasteiger partial charge in [0.05, 0.1) is 16.5 Å². The zero-order valence-electron chi connectivity index (χ0n) is 42.3. The van der Waals surface area contributed by atoms with E-state index in [4.69, 9.17) is 4.74 Å². The van der Waals surface area contributed by atoms with Gasteiger partial charge in [-0.25, -0.2) is 0 Å². The van der Waals surface area contributed by atoms with Gasteiger partial charge in [-0.05, 0) is 132 Å². The van der Waals surface area contributed by atoms with Crippen LogP contribution in [0, 0.1) is 11.3 Å². The Balaban J connectivity index is 1.10. The minimum Gasteiger partial charge on any atom is -0.455 e. The highest BCUT2D eigenvalue weighted by Gasteiger charge is 2.59. The van der Waals surface area contributed by atoms with Crippen LogP contribution in [0.3, 0.4) is 0 Å². The molecular weight excluding hydrogens is 871 g/mol. The number of allylic oxidation sites excluding steroid dienone is 7. The molecular formula is C70H61NO. The lowest BCUT2D eigenvalue weighted by Crippen LogP contribution is -2.41. The smallest absolute Gasteiger partial charge is 0.155 e. The fourth-order valence-electron chi connectivity index (χ4n) is 13.3. The molecule has 1 heterocycles. The molecule has 1 aliphatic heterocycles. The molecule has 352 valence electrons. The second kappa shape index (κ2) is 16.4. The molecule has 8 aromatic rings. The molecule has 4 aliphatic carbocycles. The second-order valence-corrected chi connectivity index (χ2v) is 22.7. The Morgan fingerprint density at radius 3 is 1.88 bits per heavy atom. The topological polar surface area (TPSA) is 12.5 Å². The molecule has 0 amide bonds. The predicted octanol–water partition coefficient (Wildman–Crippen LogP) is 18.0. The molecule has 0 N–H and O–H groups in total. The first kappa shape index (κ1) is 44.3. The summed E-state index contributed by atoms with van der Waals surface area (Å²) in [5.41, 5.74) is 20.3. The Morgan fingerprint density at radius 2 is 1.17 bits per heavy atom. The van der Waals surface area contributed by atoms with Gasteiger partial charge in [-0.3, -0.25) is 0 Å². The van der Waals surface area contributed by atoms with Crippen molar-refractivity contribution in [1.29, 1.82) is 0 Å². The Morgan fingerprint density at radius 1 is 0.528 bits per heavy atom. The van der Waals surface area contributed by atoms with E-state index in [0.29, 0.717) is 0 Å². The summed E-state index contributed by atoms with van der Waals surface area (Å²) < 4.78 is 7.59. The summed E-state index contributed by atoms with van der Waals surface area (Å²) in [6.07, 6.45) is 14.1. The van der Waals surface area contributed by atoms with Crippen molar-refractivity contribution in [3.05, 3.63) is 286 Å². The first-order chi connectivity index (χ1) is 35.0. The van der Waals surface area contributed by atoms with E-state index in [-0.39, 0.29) is 22.7 Å². The van der Waals surface area contributed by atoms with Crippen LogP contribution in [0.4, 0.5) is 17.1 Å². The van der Waals surface area contributed by atoms with Crippen molar-refractivity contribution in [2.24, 2.45) is 11.3 Å². The van der Waals surface area contributed by atoms with Crippen LogP contribution in [-0.2, 0) is 16.2 Å². The van der Waals surface area contributed by atoms with E-state index < -0.39 is 10.8 Å². The number of hydrogen-bond donors (Lipinski definition) is 0. The van der Waals surface area contributed by atoms with E-state index in [1.165, 1.54) is 77.9 Å². The number of anilines is 3. The van der Waals surface area contributed by atoms with E-state index in [1.54, 1.807) is 0 Å². The SMILES string of the molecule is CC(C)(C)C1=CC2C(C=C1)c1ccc(C(C)(C)C)cc1C21C2=C(C=CCC2)Oc2c(N(c3ccc(-c4ccccc4)cc3)c3ccc4c(c3)C(c3ccccc3)(c3ccccc3)c3ccccc3-4)cccc21. The Labute approximate surface area is 426 Å². The highest BCUT2D eigenvalue weighted by Crippen LogP contribution is 2.67. The van der Waals surface area contributed by atoms with Crippen LogP contribution in [-0.4, -0.2) is 0 Å². The van der Waals surface area contributed by atoms with Gasteiger partial charge in [-0.1, -0.05) is 230 Å².